The molecule has 0 aromatic heterocycles. The van der Waals surface area contributed by atoms with Gasteiger partial charge in [0.1, 0.15) is 0 Å². The molecule has 1 fully saturated rings. The predicted molar refractivity (Wildman–Crippen MR) is 121 cm³/mol. The number of nitrogens with zero attached hydrogens (tertiary/aromatic N) is 2. The van der Waals surface area contributed by atoms with Gasteiger partial charge in [-0.2, -0.15) is 0 Å². The number of halogens is 1. The summed E-state index contributed by atoms with van der Waals surface area (Å²) < 4.78 is 28.4. The summed E-state index contributed by atoms with van der Waals surface area (Å²) in [6, 6.07) is 10.9. The molecule has 3 heterocycles. The van der Waals surface area contributed by atoms with Gasteiger partial charge in [-0.05, 0) is 48.1 Å². The summed E-state index contributed by atoms with van der Waals surface area (Å²) in [5.41, 5.74) is 1.67. The van der Waals surface area contributed by atoms with Crippen molar-refractivity contribution in [1.29, 1.82) is 0 Å². The van der Waals surface area contributed by atoms with Crippen LogP contribution in [-0.2, 0) is 21.2 Å². The normalized spacial score (nSPS) is 22.9. The molecule has 2 aromatic carbocycles. The molecule has 3 aliphatic rings. The maximum atomic E-state index is 13.5. The predicted octanol–water partition coefficient (Wildman–Crippen LogP) is 3.74. The topological polar surface area (TPSA) is 86.8 Å². The minimum absolute atomic E-state index is 0.0253. The van der Waals surface area contributed by atoms with Gasteiger partial charge in [-0.25, -0.2) is 18.1 Å². The van der Waals surface area contributed by atoms with Crippen molar-refractivity contribution in [3.05, 3.63) is 64.5 Å². The quantitative estimate of drug-likeness (QED) is 0.730. The first-order valence-corrected chi connectivity index (χ1v) is 12.5. The fourth-order valence-corrected chi connectivity index (χ4v) is 6.84. The number of hydrogen-bond donors (Lipinski definition) is 1. The van der Waals surface area contributed by atoms with E-state index in [1.807, 2.05) is 12.1 Å². The number of fused-ring (bicyclic) bond motifs is 2. The Balaban J connectivity index is 1.56. The third-order valence-corrected chi connectivity index (χ3v) is 8.77. The van der Waals surface area contributed by atoms with E-state index >= 15 is 0 Å². The van der Waals surface area contributed by atoms with E-state index in [9.17, 15) is 18.0 Å². The van der Waals surface area contributed by atoms with Crippen molar-refractivity contribution in [3.63, 3.8) is 0 Å². The zero-order chi connectivity index (χ0) is 21.8. The van der Waals surface area contributed by atoms with Gasteiger partial charge in [-0.3, -0.25) is 9.10 Å². The Morgan fingerprint density at radius 3 is 2.74 bits per heavy atom. The highest BCUT2D eigenvalue weighted by atomic mass is 35.5. The lowest BCUT2D eigenvalue weighted by Gasteiger charge is -2.34. The molecule has 0 spiro atoms. The maximum Gasteiger partial charge on any atom is 0.329 e. The molecule has 0 aliphatic carbocycles. The van der Waals surface area contributed by atoms with Crippen LogP contribution in [0.15, 0.2) is 58.8 Å². The highest BCUT2D eigenvalue weighted by Crippen LogP contribution is 2.38. The summed E-state index contributed by atoms with van der Waals surface area (Å²) in [6.45, 7) is 0.353. The second-order valence-electron chi connectivity index (χ2n) is 7.46. The molecule has 0 radical (unpaired) electrons. The van der Waals surface area contributed by atoms with E-state index in [0.29, 0.717) is 18.7 Å². The summed E-state index contributed by atoms with van der Waals surface area (Å²) in [4.78, 5) is 26.5. The van der Waals surface area contributed by atoms with Crippen LogP contribution >= 0.6 is 23.4 Å². The van der Waals surface area contributed by atoms with Crippen molar-refractivity contribution in [2.75, 3.05) is 15.7 Å². The second kappa shape index (κ2) is 7.58. The van der Waals surface area contributed by atoms with E-state index in [0.717, 1.165) is 16.9 Å². The number of para-hydroxylation sites is 1. The molecule has 7 nitrogen and oxygen atoms in total. The summed E-state index contributed by atoms with van der Waals surface area (Å²) in [7, 11) is -3.92. The van der Waals surface area contributed by atoms with E-state index < -0.39 is 27.9 Å². The molecule has 0 saturated carbocycles. The van der Waals surface area contributed by atoms with E-state index in [2.05, 4.69) is 5.32 Å². The van der Waals surface area contributed by atoms with Crippen molar-refractivity contribution in [1.82, 2.24) is 5.32 Å². The molecule has 3 aliphatic heterocycles. The molecule has 5 rings (SSSR count). The molecule has 10 heteroatoms. The van der Waals surface area contributed by atoms with Gasteiger partial charge in [-0.1, -0.05) is 35.9 Å². The number of anilines is 2. The monoisotopic (exact) mass is 475 g/mol. The van der Waals surface area contributed by atoms with Crippen LogP contribution in [0.25, 0.3) is 0 Å². The van der Waals surface area contributed by atoms with Gasteiger partial charge in [0.05, 0.1) is 32.6 Å². The first kappa shape index (κ1) is 20.4. The van der Waals surface area contributed by atoms with Crippen molar-refractivity contribution in [2.24, 2.45) is 5.92 Å². The third kappa shape index (κ3) is 3.31. The number of thioether (sulfide) groups is 1. The smallest absolute Gasteiger partial charge is 0.324 e. The Hall–Kier alpha value is -2.49. The lowest BCUT2D eigenvalue weighted by molar-refractivity contribution is -0.121. The Morgan fingerprint density at radius 2 is 1.90 bits per heavy atom. The van der Waals surface area contributed by atoms with Crippen LogP contribution < -0.4 is 14.5 Å². The highest BCUT2D eigenvalue weighted by Gasteiger charge is 2.43. The first-order valence-electron chi connectivity index (χ1n) is 9.75. The standard InChI is InChI=1S/C21H18ClN3O4S2/c22-16-8-7-14(31(28,29)24-10-3-5-13-4-1-2-6-17(13)24)12-18(16)25-20(26)15-9-11-30-19(15)23-21(25)27/h1-2,4,6-9,11-12,15,19H,3,5,10H2,(H,23,27). The van der Waals surface area contributed by atoms with Gasteiger partial charge in [0.2, 0.25) is 5.91 Å². The SMILES string of the molecule is O=C1NC2SC=CC2C(=O)N1c1cc(S(=O)(=O)N2CCCc3ccccc32)ccc1Cl. The number of aryl methyl sites for hydroxylation is 1. The number of urea groups is 1. The number of benzene rings is 2. The van der Waals surface area contributed by atoms with Gasteiger partial charge < -0.3 is 5.32 Å². The van der Waals surface area contributed by atoms with E-state index in [1.165, 1.54) is 34.3 Å². The number of amides is 3. The number of carbonyl (C=O) groups is 2. The average Bonchev–Trinajstić information content (AvgIpc) is 3.23. The van der Waals surface area contributed by atoms with Crippen LogP contribution in [-0.4, -0.2) is 32.3 Å². The second-order valence-corrected chi connectivity index (χ2v) is 10.8. The largest absolute Gasteiger partial charge is 0.329 e. The zero-order valence-electron chi connectivity index (χ0n) is 16.2. The minimum atomic E-state index is -3.92. The number of sulfonamides is 1. The number of imide groups is 1. The summed E-state index contributed by atoms with van der Waals surface area (Å²) in [5, 5.41) is 4.30. The fourth-order valence-electron chi connectivity index (χ4n) is 4.10. The molecule has 2 aromatic rings. The van der Waals surface area contributed by atoms with Crippen LogP contribution in [0, 0.1) is 5.92 Å². The minimum Gasteiger partial charge on any atom is -0.324 e. The Bertz CT molecular complexity index is 1230. The molecule has 3 amide bonds. The van der Waals surface area contributed by atoms with Crippen LogP contribution in [0.4, 0.5) is 16.2 Å². The van der Waals surface area contributed by atoms with Crippen molar-refractivity contribution in [3.8, 4) is 0 Å². The summed E-state index contributed by atoms with van der Waals surface area (Å²) in [5.74, 6) is -0.956. The average molecular weight is 476 g/mol. The first-order chi connectivity index (χ1) is 14.9. The molecular formula is C21H18ClN3O4S2. The lowest BCUT2D eigenvalue weighted by Crippen LogP contribution is -2.58. The molecule has 2 unspecified atom stereocenters. The Labute approximate surface area is 189 Å². The molecule has 1 N–H and O–H groups in total. The molecule has 2 atom stereocenters. The molecule has 160 valence electrons. The van der Waals surface area contributed by atoms with E-state index in [4.69, 9.17) is 11.6 Å². The zero-order valence-corrected chi connectivity index (χ0v) is 18.6. The summed E-state index contributed by atoms with van der Waals surface area (Å²) in [6.07, 6.45) is 3.24. The Morgan fingerprint density at radius 1 is 1.10 bits per heavy atom. The highest BCUT2D eigenvalue weighted by molar-refractivity contribution is 8.03. The van der Waals surface area contributed by atoms with Gasteiger partial charge in [0.25, 0.3) is 10.0 Å². The van der Waals surface area contributed by atoms with Crippen molar-refractivity contribution < 1.29 is 18.0 Å². The Kier molecular flexibility index (Phi) is 4.99. The van der Waals surface area contributed by atoms with Gasteiger partial charge in [0.15, 0.2) is 0 Å². The van der Waals surface area contributed by atoms with E-state index in [1.54, 1.807) is 23.6 Å². The molecular weight excluding hydrogens is 458 g/mol. The van der Waals surface area contributed by atoms with Crippen LogP contribution in [0.1, 0.15) is 12.0 Å². The molecule has 0 bridgehead atoms. The van der Waals surface area contributed by atoms with Gasteiger partial charge in [0, 0.05) is 6.54 Å². The number of rotatable bonds is 3. The third-order valence-electron chi connectivity index (χ3n) is 5.63. The fraction of sp³-hybridized carbons (Fsp3) is 0.238. The number of hydrogen-bond acceptors (Lipinski definition) is 5. The summed E-state index contributed by atoms with van der Waals surface area (Å²) >= 11 is 7.67. The molecule has 1 saturated heterocycles. The maximum absolute atomic E-state index is 13.5. The van der Waals surface area contributed by atoms with E-state index in [-0.39, 0.29) is 21.0 Å². The van der Waals surface area contributed by atoms with Crippen LogP contribution in [0.3, 0.4) is 0 Å². The van der Waals surface area contributed by atoms with Crippen LogP contribution in [0.5, 0.6) is 0 Å². The van der Waals surface area contributed by atoms with Crippen molar-refractivity contribution >= 4 is 56.7 Å². The van der Waals surface area contributed by atoms with Crippen LogP contribution in [0.2, 0.25) is 5.02 Å². The molecule has 31 heavy (non-hydrogen) atoms. The lowest BCUT2D eigenvalue weighted by atomic mass is 10.0. The number of carbonyl (C=O) groups excluding carboxylic acids is 2. The van der Waals surface area contributed by atoms with Gasteiger partial charge >= 0.3 is 6.03 Å². The van der Waals surface area contributed by atoms with Gasteiger partial charge in [-0.15, -0.1) is 11.8 Å². The number of nitrogens with one attached hydrogen (secondary N) is 1. The van der Waals surface area contributed by atoms with Crippen molar-refractivity contribution in [2.45, 2.75) is 23.1 Å².